The van der Waals surface area contributed by atoms with Crippen molar-refractivity contribution in [2.24, 2.45) is 0 Å². The Morgan fingerprint density at radius 1 is 1.32 bits per heavy atom. The van der Waals surface area contributed by atoms with E-state index in [2.05, 4.69) is 46.0 Å². The van der Waals surface area contributed by atoms with E-state index >= 15 is 0 Å². The molecular formula is C8H7ClN10. The summed E-state index contributed by atoms with van der Waals surface area (Å²) in [5.74, 6) is 1.10. The summed E-state index contributed by atoms with van der Waals surface area (Å²) in [6.07, 6.45) is 3.32. The first kappa shape index (κ1) is 11.5. The van der Waals surface area contributed by atoms with Crippen LogP contribution in [-0.2, 0) is 6.54 Å². The van der Waals surface area contributed by atoms with E-state index < -0.39 is 0 Å². The summed E-state index contributed by atoms with van der Waals surface area (Å²) < 4.78 is 1.48. The third kappa shape index (κ3) is 2.63. The van der Waals surface area contributed by atoms with E-state index in [4.69, 9.17) is 11.6 Å². The van der Waals surface area contributed by atoms with Crippen LogP contribution in [0.3, 0.4) is 0 Å². The topological polar surface area (TPSA) is 123 Å². The summed E-state index contributed by atoms with van der Waals surface area (Å²) >= 11 is 5.83. The lowest BCUT2D eigenvalue weighted by Crippen LogP contribution is -2.10. The van der Waals surface area contributed by atoms with Gasteiger partial charge in [-0.25, -0.2) is 4.68 Å². The molecule has 3 aromatic heterocycles. The molecule has 0 saturated carbocycles. The second-order valence-electron chi connectivity index (χ2n) is 3.36. The average molecular weight is 279 g/mol. The highest BCUT2D eigenvalue weighted by atomic mass is 35.5. The molecule has 0 aliphatic carbocycles. The summed E-state index contributed by atoms with van der Waals surface area (Å²) in [5.41, 5.74) is 0. The van der Waals surface area contributed by atoms with Gasteiger partial charge in [0, 0.05) is 12.4 Å². The fourth-order valence-electron chi connectivity index (χ4n) is 1.32. The monoisotopic (exact) mass is 278 g/mol. The lowest BCUT2D eigenvalue weighted by Gasteiger charge is -2.04. The van der Waals surface area contributed by atoms with Gasteiger partial charge in [0.25, 0.3) is 5.95 Å². The Balaban J connectivity index is 1.82. The van der Waals surface area contributed by atoms with Gasteiger partial charge in [-0.3, -0.25) is 0 Å². The molecule has 0 atom stereocenters. The Morgan fingerprint density at radius 3 is 3.00 bits per heavy atom. The summed E-state index contributed by atoms with van der Waals surface area (Å²) in [4.78, 5) is 12.1. The molecule has 11 heteroatoms. The summed E-state index contributed by atoms with van der Waals surface area (Å²) in [6, 6.07) is 1.75. The van der Waals surface area contributed by atoms with Gasteiger partial charge in [0.1, 0.15) is 0 Å². The summed E-state index contributed by atoms with van der Waals surface area (Å²) in [7, 11) is 0. The Morgan fingerprint density at radius 2 is 2.26 bits per heavy atom. The molecule has 3 heterocycles. The maximum atomic E-state index is 5.83. The summed E-state index contributed by atoms with van der Waals surface area (Å²) in [6.45, 7) is 0.315. The fourth-order valence-corrected chi connectivity index (χ4v) is 1.48. The van der Waals surface area contributed by atoms with Crippen LogP contribution < -0.4 is 5.32 Å². The second kappa shape index (κ2) is 4.94. The summed E-state index contributed by atoms with van der Waals surface area (Å²) in [5, 5.41) is 20.4. The minimum Gasteiger partial charge on any atom is -0.347 e. The molecule has 3 rings (SSSR count). The molecule has 0 aliphatic heterocycles. The van der Waals surface area contributed by atoms with Crippen molar-refractivity contribution in [3.05, 3.63) is 29.6 Å². The van der Waals surface area contributed by atoms with Crippen LogP contribution in [0, 0.1) is 0 Å². The zero-order valence-electron chi connectivity index (χ0n) is 9.39. The number of rotatable bonds is 4. The van der Waals surface area contributed by atoms with E-state index in [1.807, 2.05) is 0 Å². The highest BCUT2D eigenvalue weighted by Gasteiger charge is 2.07. The van der Waals surface area contributed by atoms with Gasteiger partial charge in [0.2, 0.25) is 11.2 Å². The standard InChI is InChI=1S/C8H7ClN10/c9-6-12-7(10-4-5-15-17-18-16-5)14-8(13-6)19-3-1-2-11-19/h1-3H,4H2,(H,10,12,13,14)(H,15,16,17,18). The number of hydrogen-bond acceptors (Lipinski definition) is 8. The first-order valence-electron chi connectivity index (χ1n) is 5.19. The highest BCUT2D eigenvalue weighted by molar-refractivity contribution is 6.28. The quantitative estimate of drug-likeness (QED) is 0.674. The van der Waals surface area contributed by atoms with Crippen molar-refractivity contribution in [2.75, 3.05) is 5.32 Å². The molecule has 3 aromatic rings. The molecule has 0 unspecified atom stereocenters. The predicted molar refractivity (Wildman–Crippen MR) is 63.5 cm³/mol. The number of nitrogens with zero attached hydrogens (tertiary/aromatic N) is 8. The van der Waals surface area contributed by atoms with Crippen LogP contribution in [0.5, 0.6) is 0 Å². The molecular weight excluding hydrogens is 272 g/mol. The largest absolute Gasteiger partial charge is 0.347 e. The maximum absolute atomic E-state index is 5.83. The first-order chi connectivity index (χ1) is 9.31. The van der Waals surface area contributed by atoms with Gasteiger partial charge < -0.3 is 5.32 Å². The SMILES string of the molecule is Clc1nc(NCc2nn[nH]n2)nc(-n2cccn2)n1. The number of halogens is 1. The van der Waals surface area contributed by atoms with Crippen LogP contribution in [0.15, 0.2) is 18.5 Å². The van der Waals surface area contributed by atoms with Crippen molar-refractivity contribution in [3.8, 4) is 5.95 Å². The lowest BCUT2D eigenvalue weighted by atomic mass is 10.6. The molecule has 96 valence electrons. The fraction of sp³-hybridized carbons (Fsp3) is 0.125. The van der Waals surface area contributed by atoms with E-state index in [9.17, 15) is 0 Å². The van der Waals surface area contributed by atoms with Gasteiger partial charge >= 0.3 is 0 Å². The van der Waals surface area contributed by atoms with Crippen molar-refractivity contribution in [1.82, 2.24) is 45.4 Å². The lowest BCUT2D eigenvalue weighted by molar-refractivity contribution is 0.793. The van der Waals surface area contributed by atoms with E-state index in [0.717, 1.165) is 0 Å². The molecule has 19 heavy (non-hydrogen) atoms. The van der Waals surface area contributed by atoms with Crippen LogP contribution >= 0.6 is 11.6 Å². The van der Waals surface area contributed by atoms with E-state index in [-0.39, 0.29) is 5.28 Å². The van der Waals surface area contributed by atoms with Crippen molar-refractivity contribution >= 4 is 17.5 Å². The minimum absolute atomic E-state index is 0.0658. The zero-order valence-corrected chi connectivity index (χ0v) is 10.2. The Labute approximate surface area is 111 Å². The van der Waals surface area contributed by atoms with Crippen LogP contribution in [0.25, 0.3) is 5.95 Å². The number of nitrogens with one attached hydrogen (secondary N) is 2. The molecule has 0 aromatic carbocycles. The molecule has 0 spiro atoms. The van der Waals surface area contributed by atoms with Crippen LogP contribution in [0.2, 0.25) is 5.28 Å². The minimum atomic E-state index is 0.0658. The van der Waals surface area contributed by atoms with Crippen LogP contribution in [0.1, 0.15) is 5.82 Å². The number of aromatic nitrogens is 9. The normalized spacial score (nSPS) is 10.6. The van der Waals surface area contributed by atoms with Crippen molar-refractivity contribution in [2.45, 2.75) is 6.54 Å². The van der Waals surface area contributed by atoms with Crippen molar-refractivity contribution in [1.29, 1.82) is 0 Å². The molecule has 0 bridgehead atoms. The average Bonchev–Trinajstić information content (AvgIpc) is 3.09. The van der Waals surface area contributed by atoms with Gasteiger partial charge in [-0.1, -0.05) is 5.21 Å². The Bertz CT molecular complexity index is 648. The highest BCUT2D eigenvalue weighted by Crippen LogP contribution is 2.09. The van der Waals surface area contributed by atoms with E-state index in [1.54, 1.807) is 18.5 Å². The molecule has 10 nitrogen and oxygen atoms in total. The number of tetrazole rings is 1. The van der Waals surface area contributed by atoms with Crippen LogP contribution in [0.4, 0.5) is 5.95 Å². The first-order valence-corrected chi connectivity index (χ1v) is 5.57. The van der Waals surface area contributed by atoms with E-state index in [1.165, 1.54) is 4.68 Å². The number of H-pyrrole nitrogens is 1. The van der Waals surface area contributed by atoms with Crippen molar-refractivity contribution < 1.29 is 0 Å². The van der Waals surface area contributed by atoms with Gasteiger partial charge in [-0.2, -0.15) is 25.3 Å². The van der Waals surface area contributed by atoms with Gasteiger partial charge in [-0.15, -0.1) is 10.2 Å². The Hall–Kier alpha value is -2.62. The molecule has 2 N–H and O–H groups in total. The molecule has 0 saturated heterocycles. The third-order valence-corrected chi connectivity index (χ3v) is 2.27. The zero-order chi connectivity index (χ0) is 13.1. The number of hydrogen-bond donors (Lipinski definition) is 2. The number of anilines is 1. The van der Waals surface area contributed by atoms with E-state index in [0.29, 0.717) is 24.3 Å². The van der Waals surface area contributed by atoms with Crippen LogP contribution in [-0.4, -0.2) is 45.4 Å². The smallest absolute Gasteiger partial charge is 0.256 e. The predicted octanol–water partition coefficient (Wildman–Crippen LogP) is -0.164. The van der Waals surface area contributed by atoms with Gasteiger partial charge in [0.15, 0.2) is 5.82 Å². The molecule has 0 radical (unpaired) electrons. The third-order valence-electron chi connectivity index (χ3n) is 2.10. The second-order valence-corrected chi connectivity index (χ2v) is 3.70. The van der Waals surface area contributed by atoms with Gasteiger partial charge in [0.05, 0.1) is 6.54 Å². The van der Waals surface area contributed by atoms with Gasteiger partial charge in [-0.05, 0) is 17.7 Å². The number of aromatic amines is 1. The maximum Gasteiger partial charge on any atom is 0.256 e. The molecule has 0 amide bonds. The molecule has 0 fully saturated rings. The Kier molecular flexibility index (Phi) is 2.98. The molecule has 0 aliphatic rings. The van der Waals surface area contributed by atoms with Crippen molar-refractivity contribution in [3.63, 3.8) is 0 Å².